The van der Waals surface area contributed by atoms with E-state index in [1.807, 2.05) is 18.2 Å². The summed E-state index contributed by atoms with van der Waals surface area (Å²) < 4.78 is 13.6. The van der Waals surface area contributed by atoms with Gasteiger partial charge in [-0.2, -0.15) is 0 Å². The predicted molar refractivity (Wildman–Crippen MR) is 103 cm³/mol. The Labute approximate surface area is 163 Å². The normalized spacial score (nSPS) is 10.4. The first kappa shape index (κ1) is 19.0. The van der Waals surface area contributed by atoms with Gasteiger partial charge < -0.3 is 10.6 Å². The molecule has 0 aliphatic heterocycles. The SMILES string of the molecule is O=C(CSc1nnc(C(=O)Nc2ccccc2)s1)NCc1cccc(F)c1. The Balaban J connectivity index is 1.46. The molecule has 9 heteroatoms. The van der Waals surface area contributed by atoms with Crippen molar-refractivity contribution < 1.29 is 14.0 Å². The lowest BCUT2D eigenvalue weighted by Crippen LogP contribution is -2.24. The van der Waals surface area contributed by atoms with Gasteiger partial charge in [-0.1, -0.05) is 53.4 Å². The van der Waals surface area contributed by atoms with Crippen LogP contribution < -0.4 is 10.6 Å². The van der Waals surface area contributed by atoms with Gasteiger partial charge >= 0.3 is 0 Å². The maximum absolute atomic E-state index is 13.1. The number of nitrogens with one attached hydrogen (secondary N) is 2. The Hall–Kier alpha value is -2.78. The highest BCUT2D eigenvalue weighted by molar-refractivity contribution is 8.01. The summed E-state index contributed by atoms with van der Waals surface area (Å²) in [5, 5.41) is 13.4. The van der Waals surface area contributed by atoms with E-state index in [1.54, 1.807) is 24.3 Å². The Morgan fingerprint density at radius 1 is 1.07 bits per heavy atom. The largest absolute Gasteiger partial charge is 0.351 e. The van der Waals surface area contributed by atoms with E-state index >= 15 is 0 Å². The monoisotopic (exact) mass is 402 g/mol. The minimum atomic E-state index is -0.346. The molecule has 3 aromatic rings. The van der Waals surface area contributed by atoms with E-state index in [9.17, 15) is 14.0 Å². The number of anilines is 1. The molecular weight excluding hydrogens is 387 g/mol. The lowest BCUT2D eigenvalue weighted by atomic mass is 10.2. The second-order valence-corrected chi connectivity index (χ2v) is 7.59. The van der Waals surface area contributed by atoms with Gasteiger partial charge in [-0.15, -0.1) is 10.2 Å². The molecule has 2 N–H and O–H groups in total. The third-order valence-electron chi connectivity index (χ3n) is 3.34. The highest BCUT2D eigenvalue weighted by atomic mass is 32.2. The molecule has 6 nitrogen and oxygen atoms in total. The second-order valence-electron chi connectivity index (χ2n) is 5.39. The number of thioether (sulfide) groups is 1. The zero-order chi connectivity index (χ0) is 19.1. The Kier molecular flexibility index (Phi) is 6.50. The van der Waals surface area contributed by atoms with E-state index < -0.39 is 0 Å². The summed E-state index contributed by atoms with van der Waals surface area (Å²) in [6.45, 7) is 0.248. The topological polar surface area (TPSA) is 84.0 Å². The van der Waals surface area contributed by atoms with Crippen LogP contribution in [0.15, 0.2) is 58.9 Å². The molecule has 138 valence electrons. The van der Waals surface area contributed by atoms with Gasteiger partial charge in [0.25, 0.3) is 5.91 Å². The molecule has 0 unspecified atom stereocenters. The van der Waals surface area contributed by atoms with Crippen molar-refractivity contribution in [3.05, 3.63) is 71.0 Å². The number of hydrogen-bond donors (Lipinski definition) is 2. The van der Waals surface area contributed by atoms with E-state index in [0.717, 1.165) is 11.3 Å². The van der Waals surface area contributed by atoms with Crippen molar-refractivity contribution in [1.82, 2.24) is 15.5 Å². The number of amides is 2. The van der Waals surface area contributed by atoms with Gasteiger partial charge in [-0.05, 0) is 29.8 Å². The average molecular weight is 402 g/mol. The fourth-order valence-electron chi connectivity index (χ4n) is 2.09. The number of halogens is 1. The zero-order valence-corrected chi connectivity index (χ0v) is 15.6. The quantitative estimate of drug-likeness (QED) is 0.592. The van der Waals surface area contributed by atoms with Crippen LogP contribution >= 0.6 is 23.1 Å². The summed E-state index contributed by atoms with van der Waals surface area (Å²) in [5.74, 6) is -0.772. The minimum Gasteiger partial charge on any atom is -0.351 e. The molecule has 0 saturated heterocycles. The fourth-order valence-corrected chi connectivity index (χ4v) is 3.67. The molecule has 0 atom stereocenters. The zero-order valence-electron chi connectivity index (χ0n) is 14.0. The first-order valence-electron chi connectivity index (χ1n) is 7.94. The van der Waals surface area contributed by atoms with E-state index in [1.165, 1.54) is 23.9 Å². The standard InChI is InChI=1S/C18H15FN4O2S2/c19-13-6-4-5-12(9-13)10-20-15(24)11-26-18-23-22-17(27-18)16(25)21-14-7-2-1-3-8-14/h1-9H,10-11H2,(H,20,24)(H,21,25). The number of aromatic nitrogens is 2. The van der Waals surface area contributed by atoms with Crippen molar-refractivity contribution in [1.29, 1.82) is 0 Å². The number of hydrogen-bond acceptors (Lipinski definition) is 6. The second kappa shape index (κ2) is 9.24. The lowest BCUT2D eigenvalue weighted by Gasteiger charge is -2.04. The van der Waals surface area contributed by atoms with Crippen molar-refractivity contribution in [3.8, 4) is 0 Å². The Morgan fingerprint density at radius 2 is 1.89 bits per heavy atom. The smallest absolute Gasteiger partial charge is 0.286 e. The number of carbonyl (C=O) groups excluding carboxylic acids is 2. The molecule has 1 heterocycles. The fraction of sp³-hybridized carbons (Fsp3) is 0.111. The number of para-hydroxylation sites is 1. The molecule has 0 aliphatic carbocycles. The van der Waals surface area contributed by atoms with E-state index in [0.29, 0.717) is 15.6 Å². The summed E-state index contributed by atoms with van der Waals surface area (Å²) in [7, 11) is 0. The van der Waals surface area contributed by atoms with E-state index in [4.69, 9.17) is 0 Å². The van der Waals surface area contributed by atoms with Gasteiger partial charge in [0.15, 0.2) is 4.34 Å². The molecule has 0 aliphatic rings. The van der Waals surface area contributed by atoms with Gasteiger partial charge in [0.05, 0.1) is 5.75 Å². The Morgan fingerprint density at radius 3 is 2.67 bits per heavy atom. The minimum absolute atomic E-state index is 0.129. The molecular formula is C18H15FN4O2S2. The number of nitrogens with zero attached hydrogens (tertiary/aromatic N) is 2. The van der Waals surface area contributed by atoms with Crippen LogP contribution in [-0.2, 0) is 11.3 Å². The van der Waals surface area contributed by atoms with Crippen molar-refractivity contribution in [3.63, 3.8) is 0 Å². The maximum atomic E-state index is 13.1. The maximum Gasteiger partial charge on any atom is 0.286 e. The molecule has 3 rings (SSSR count). The molecule has 0 fully saturated rings. The van der Waals surface area contributed by atoms with Crippen LogP contribution in [0.25, 0.3) is 0 Å². The van der Waals surface area contributed by atoms with Gasteiger partial charge in [-0.25, -0.2) is 4.39 Å². The first-order chi connectivity index (χ1) is 13.1. The van der Waals surface area contributed by atoms with Crippen LogP contribution in [0.2, 0.25) is 0 Å². The van der Waals surface area contributed by atoms with E-state index in [-0.39, 0.29) is 34.9 Å². The highest BCUT2D eigenvalue weighted by Gasteiger charge is 2.14. The van der Waals surface area contributed by atoms with Gasteiger partial charge in [-0.3, -0.25) is 9.59 Å². The van der Waals surface area contributed by atoms with Gasteiger partial charge in [0.2, 0.25) is 10.9 Å². The molecule has 2 aromatic carbocycles. The summed E-state index contributed by atoms with van der Waals surface area (Å²) in [6.07, 6.45) is 0. The number of carbonyl (C=O) groups is 2. The Bertz CT molecular complexity index is 934. The number of benzene rings is 2. The average Bonchev–Trinajstić information content (AvgIpc) is 3.15. The molecule has 2 amide bonds. The van der Waals surface area contributed by atoms with Crippen molar-refractivity contribution in [2.75, 3.05) is 11.1 Å². The van der Waals surface area contributed by atoms with Crippen LogP contribution in [0.4, 0.5) is 10.1 Å². The van der Waals surface area contributed by atoms with Crippen LogP contribution in [0, 0.1) is 5.82 Å². The van der Waals surface area contributed by atoms with Crippen molar-refractivity contribution in [2.24, 2.45) is 0 Å². The highest BCUT2D eigenvalue weighted by Crippen LogP contribution is 2.23. The first-order valence-corrected chi connectivity index (χ1v) is 9.74. The third-order valence-corrected chi connectivity index (χ3v) is 5.39. The number of rotatable bonds is 7. The molecule has 1 aromatic heterocycles. The summed E-state index contributed by atoms with van der Waals surface area (Å²) in [5.41, 5.74) is 1.35. The molecule has 0 saturated carbocycles. The van der Waals surface area contributed by atoms with E-state index in [2.05, 4.69) is 20.8 Å². The summed E-state index contributed by atoms with van der Waals surface area (Å²) in [6, 6.07) is 15.1. The van der Waals surface area contributed by atoms with Crippen LogP contribution in [0.3, 0.4) is 0 Å². The third kappa shape index (κ3) is 5.87. The van der Waals surface area contributed by atoms with Gasteiger partial charge in [0, 0.05) is 12.2 Å². The summed E-state index contributed by atoms with van der Waals surface area (Å²) >= 11 is 2.31. The molecule has 27 heavy (non-hydrogen) atoms. The summed E-state index contributed by atoms with van der Waals surface area (Å²) in [4.78, 5) is 24.0. The van der Waals surface area contributed by atoms with Crippen molar-refractivity contribution in [2.45, 2.75) is 10.9 Å². The molecule has 0 spiro atoms. The molecule has 0 radical (unpaired) electrons. The van der Waals surface area contributed by atoms with Crippen molar-refractivity contribution >= 4 is 40.6 Å². The predicted octanol–water partition coefficient (Wildman–Crippen LogP) is 3.34. The van der Waals surface area contributed by atoms with Gasteiger partial charge in [0.1, 0.15) is 5.82 Å². The lowest BCUT2D eigenvalue weighted by molar-refractivity contribution is -0.118. The molecule has 0 bridgehead atoms. The van der Waals surface area contributed by atoms with Crippen LogP contribution in [0.5, 0.6) is 0 Å². The van der Waals surface area contributed by atoms with Crippen LogP contribution in [-0.4, -0.2) is 27.8 Å². The van der Waals surface area contributed by atoms with Crippen LogP contribution in [0.1, 0.15) is 15.4 Å².